The van der Waals surface area contributed by atoms with Crippen molar-refractivity contribution in [2.45, 2.75) is 28.7 Å². The number of hydrogen-bond donors (Lipinski definition) is 1. The van der Waals surface area contributed by atoms with Gasteiger partial charge in [-0.25, -0.2) is 0 Å². The minimum absolute atomic E-state index is 0.0640. The predicted octanol–water partition coefficient (Wildman–Crippen LogP) is 4.73. The summed E-state index contributed by atoms with van der Waals surface area (Å²) in [6.45, 7) is 2.03. The van der Waals surface area contributed by atoms with E-state index in [1.807, 2.05) is 60.8 Å². The molecule has 0 aromatic rings. The van der Waals surface area contributed by atoms with Crippen LogP contribution < -0.4 is 0 Å². The van der Waals surface area contributed by atoms with Crippen molar-refractivity contribution >= 4 is 45.4 Å². The van der Waals surface area contributed by atoms with Crippen LogP contribution in [-0.4, -0.2) is 31.5 Å². The molecule has 5 heteroatoms. The highest BCUT2D eigenvalue weighted by Crippen LogP contribution is 2.51. The van der Waals surface area contributed by atoms with E-state index in [2.05, 4.69) is 22.0 Å². The Morgan fingerprint density at radius 3 is 2.81 bits per heavy atom. The molecular formula is C16H21BrO2S2. The number of hydrogen-bond acceptors (Lipinski definition) is 3. The number of carboxylic acids is 1. The lowest BCUT2D eigenvalue weighted by Crippen LogP contribution is -2.44. The molecule has 0 bridgehead atoms. The van der Waals surface area contributed by atoms with E-state index in [0.29, 0.717) is 4.58 Å². The van der Waals surface area contributed by atoms with Crippen LogP contribution in [0.3, 0.4) is 0 Å². The Bertz CT molecular complexity index is 455. The van der Waals surface area contributed by atoms with E-state index in [-0.39, 0.29) is 10.2 Å². The van der Waals surface area contributed by atoms with Crippen LogP contribution in [0.15, 0.2) is 36.5 Å². The highest BCUT2D eigenvalue weighted by atomic mass is 79.9. The summed E-state index contributed by atoms with van der Waals surface area (Å²) in [6.07, 6.45) is 14.1. The molecule has 1 N–H and O–H groups in total. The summed E-state index contributed by atoms with van der Waals surface area (Å²) in [5.74, 6) is 0.995. The average Bonchev–Trinajstić information content (AvgIpc) is 2.50. The third kappa shape index (κ3) is 3.99. The van der Waals surface area contributed by atoms with Crippen molar-refractivity contribution in [2.75, 3.05) is 11.5 Å². The van der Waals surface area contributed by atoms with Crippen LogP contribution in [0.2, 0.25) is 0 Å². The van der Waals surface area contributed by atoms with Crippen LogP contribution in [0.5, 0.6) is 0 Å². The number of halogens is 1. The van der Waals surface area contributed by atoms with Crippen LogP contribution in [-0.2, 0) is 4.79 Å². The smallest absolute Gasteiger partial charge is 0.311 e. The number of rotatable bonds is 5. The maximum absolute atomic E-state index is 11.7. The van der Waals surface area contributed by atoms with Gasteiger partial charge in [-0.2, -0.15) is 0 Å². The Kier molecular flexibility index (Phi) is 6.51. The van der Waals surface area contributed by atoms with Crippen molar-refractivity contribution in [1.29, 1.82) is 0 Å². The standard InChI is InChI=1S/C16H21BrO2S2/c1-2-3-7-12(14(18)19)13-8-4-5-9-16(13,17)15-20-10-6-11-21-15/h3-5,7-9,12-13,15H,2,6,10-11H2,1H3,(H,18,19)/b7-3-. The Morgan fingerprint density at radius 1 is 1.48 bits per heavy atom. The molecule has 2 rings (SSSR count). The number of alkyl halides is 1. The summed E-state index contributed by atoms with van der Waals surface area (Å²) in [5, 5.41) is 9.64. The normalized spacial score (nSPS) is 31.6. The number of carboxylic acid groups (broad SMARTS) is 1. The van der Waals surface area contributed by atoms with Gasteiger partial charge in [-0.1, -0.05) is 59.3 Å². The largest absolute Gasteiger partial charge is 0.481 e. The molecule has 0 spiro atoms. The molecule has 21 heavy (non-hydrogen) atoms. The van der Waals surface area contributed by atoms with Crippen LogP contribution in [0.1, 0.15) is 19.8 Å². The summed E-state index contributed by atoms with van der Waals surface area (Å²) < 4.78 is 0.0628. The van der Waals surface area contributed by atoms with Crippen molar-refractivity contribution in [3.05, 3.63) is 36.5 Å². The number of thioether (sulfide) groups is 2. The number of carbonyl (C=O) groups is 1. The minimum atomic E-state index is -0.751. The Morgan fingerprint density at radius 2 is 2.19 bits per heavy atom. The van der Waals surface area contributed by atoms with E-state index in [4.69, 9.17) is 0 Å². The SMILES string of the molecule is CC/C=C\C(C(=O)O)C1C=CC=CC1(Br)C1SCCCS1. The van der Waals surface area contributed by atoms with Crippen molar-refractivity contribution in [3.8, 4) is 0 Å². The second kappa shape index (κ2) is 7.93. The summed E-state index contributed by atoms with van der Waals surface area (Å²) >= 11 is 7.79. The zero-order chi connectivity index (χ0) is 15.3. The summed E-state index contributed by atoms with van der Waals surface area (Å²) in [4.78, 5) is 11.7. The predicted molar refractivity (Wildman–Crippen MR) is 97.3 cm³/mol. The first-order valence-corrected chi connectivity index (χ1v) is 10.2. The van der Waals surface area contributed by atoms with Gasteiger partial charge in [0.2, 0.25) is 0 Å². The van der Waals surface area contributed by atoms with Crippen LogP contribution in [0.25, 0.3) is 0 Å². The fraction of sp³-hybridized carbons (Fsp3) is 0.562. The van der Waals surface area contributed by atoms with Crippen LogP contribution >= 0.6 is 39.5 Å². The molecule has 3 unspecified atom stereocenters. The molecule has 1 aliphatic carbocycles. The molecule has 1 heterocycles. The zero-order valence-corrected chi connectivity index (χ0v) is 15.3. The van der Waals surface area contributed by atoms with Gasteiger partial charge in [-0.15, -0.1) is 23.5 Å². The quantitative estimate of drug-likeness (QED) is 0.545. The van der Waals surface area contributed by atoms with E-state index in [1.165, 1.54) is 6.42 Å². The average molecular weight is 389 g/mol. The van der Waals surface area contributed by atoms with E-state index in [9.17, 15) is 9.90 Å². The first kappa shape index (κ1) is 17.2. The first-order chi connectivity index (χ1) is 10.1. The minimum Gasteiger partial charge on any atom is -0.481 e. The van der Waals surface area contributed by atoms with Crippen molar-refractivity contribution in [3.63, 3.8) is 0 Å². The molecule has 1 saturated heterocycles. The molecule has 0 saturated carbocycles. The summed E-state index contributed by atoms with van der Waals surface area (Å²) in [5.41, 5.74) is 0. The van der Waals surface area contributed by atoms with Gasteiger partial charge in [0, 0.05) is 5.92 Å². The van der Waals surface area contributed by atoms with Gasteiger partial charge in [-0.3, -0.25) is 4.79 Å². The van der Waals surface area contributed by atoms with Gasteiger partial charge in [0.1, 0.15) is 0 Å². The van der Waals surface area contributed by atoms with E-state index in [1.54, 1.807) is 0 Å². The molecule has 0 radical (unpaired) electrons. The van der Waals surface area contributed by atoms with E-state index < -0.39 is 11.9 Å². The molecule has 0 aromatic heterocycles. The van der Waals surface area contributed by atoms with E-state index >= 15 is 0 Å². The fourth-order valence-electron chi connectivity index (χ4n) is 2.66. The Labute approximate surface area is 143 Å². The molecule has 3 atom stereocenters. The number of allylic oxidation sites excluding steroid dienone is 5. The second-order valence-corrected chi connectivity index (χ2v) is 9.32. The van der Waals surface area contributed by atoms with Gasteiger partial charge < -0.3 is 5.11 Å². The third-order valence-electron chi connectivity index (χ3n) is 3.73. The van der Waals surface area contributed by atoms with Crippen LogP contribution in [0.4, 0.5) is 0 Å². The van der Waals surface area contributed by atoms with Gasteiger partial charge in [0.15, 0.2) is 0 Å². The third-order valence-corrected chi connectivity index (χ3v) is 8.84. The van der Waals surface area contributed by atoms with Gasteiger partial charge in [0.25, 0.3) is 0 Å². The lowest BCUT2D eigenvalue weighted by molar-refractivity contribution is -0.141. The highest BCUT2D eigenvalue weighted by Gasteiger charge is 2.47. The van der Waals surface area contributed by atoms with Crippen molar-refractivity contribution in [1.82, 2.24) is 0 Å². The Balaban J connectivity index is 2.28. The van der Waals surface area contributed by atoms with Crippen LogP contribution in [0, 0.1) is 11.8 Å². The Hall–Kier alpha value is -0.130. The number of aliphatic carboxylic acids is 1. The second-order valence-electron chi connectivity index (χ2n) is 5.22. The maximum atomic E-state index is 11.7. The molecule has 2 aliphatic rings. The topological polar surface area (TPSA) is 37.3 Å². The molecule has 116 valence electrons. The zero-order valence-electron chi connectivity index (χ0n) is 12.1. The molecule has 2 nitrogen and oxygen atoms in total. The fourth-order valence-corrected chi connectivity index (χ4v) is 7.22. The summed E-state index contributed by atoms with van der Waals surface area (Å²) in [7, 11) is 0. The lowest BCUT2D eigenvalue weighted by atomic mass is 9.79. The van der Waals surface area contributed by atoms with E-state index in [0.717, 1.165) is 17.9 Å². The highest BCUT2D eigenvalue weighted by molar-refractivity contribution is 9.10. The van der Waals surface area contributed by atoms with Crippen molar-refractivity contribution < 1.29 is 9.90 Å². The molecule has 0 amide bonds. The molecule has 0 aromatic carbocycles. The molecule has 1 fully saturated rings. The first-order valence-electron chi connectivity index (χ1n) is 7.27. The van der Waals surface area contributed by atoms with Gasteiger partial charge in [0.05, 0.1) is 14.8 Å². The molecular weight excluding hydrogens is 368 g/mol. The molecule has 1 aliphatic heterocycles. The van der Waals surface area contributed by atoms with Gasteiger partial charge >= 0.3 is 5.97 Å². The summed E-state index contributed by atoms with van der Waals surface area (Å²) in [6, 6.07) is 0. The van der Waals surface area contributed by atoms with Gasteiger partial charge in [-0.05, 0) is 24.3 Å². The monoisotopic (exact) mass is 388 g/mol. The van der Waals surface area contributed by atoms with Crippen molar-refractivity contribution in [2.24, 2.45) is 11.8 Å². The maximum Gasteiger partial charge on any atom is 0.311 e. The lowest BCUT2D eigenvalue weighted by Gasteiger charge is -2.42.